The molecule has 1 unspecified atom stereocenters. The minimum absolute atomic E-state index is 0.0762. The SMILES string of the molecule is CCC(NC(=O)C(C)(C)F)(Oc1ccc2c(cnn2-c2ccc(F)cc2)c1)c1ccc(F)c(F)c1. The van der Waals surface area contributed by atoms with Crippen molar-refractivity contribution in [2.75, 3.05) is 0 Å². The number of fused-ring (bicyclic) bond motifs is 1. The van der Waals surface area contributed by atoms with E-state index in [4.69, 9.17) is 4.74 Å². The zero-order valence-corrected chi connectivity index (χ0v) is 19.3. The molecule has 1 amide bonds. The number of ether oxygens (including phenoxy) is 1. The zero-order chi connectivity index (χ0) is 25.4. The van der Waals surface area contributed by atoms with Crippen molar-refractivity contribution in [2.45, 2.75) is 38.6 Å². The van der Waals surface area contributed by atoms with Gasteiger partial charge in [-0.05, 0) is 74.5 Å². The summed E-state index contributed by atoms with van der Waals surface area (Å²) in [6.45, 7) is 3.84. The maximum absolute atomic E-state index is 14.4. The molecule has 1 aromatic heterocycles. The molecule has 0 radical (unpaired) electrons. The lowest BCUT2D eigenvalue weighted by atomic mass is 9.97. The maximum Gasteiger partial charge on any atom is 0.260 e. The van der Waals surface area contributed by atoms with Gasteiger partial charge in [-0.25, -0.2) is 22.2 Å². The van der Waals surface area contributed by atoms with E-state index in [-0.39, 0.29) is 23.6 Å². The number of benzene rings is 3. The zero-order valence-electron chi connectivity index (χ0n) is 19.3. The molecule has 0 fully saturated rings. The number of nitrogens with one attached hydrogen (secondary N) is 1. The molecule has 9 heteroatoms. The second-order valence-electron chi connectivity index (χ2n) is 8.59. The highest BCUT2D eigenvalue weighted by molar-refractivity contribution is 5.85. The van der Waals surface area contributed by atoms with Crippen LogP contribution in [0.15, 0.2) is 66.9 Å². The van der Waals surface area contributed by atoms with Crippen LogP contribution < -0.4 is 10.1 Å². The van der Waals surface area contributed by atoms with E-state index in [0.717, 1.165) is 26.0 Å². The van der Waals surface area contributed by atoms with Crippen molar-refractivity contribution in [3.63, 3.8) is 0 Å². The quantitative estimate of drug-likeness (QED) is 0.260. The number of hydrogen-bond donors (Lipinski definition) is 1. The van der Waals surface area contributed by atoms with Gasteiger partial charge in [0.05, 0.1) is 17.4 Å². The second kappa shape index (κ2) is 9.05. The molecule has 1 atom stereocenters. The van der Waals surface area contributed by atoms with Crippen LogP contribution in [0.1, 0.15) is 32.8 Å². The second-order valence-corrected chi connectivity index (χ2v) is 8.59. The van der Waals surface area contributed by atoms with Crippen molar-refractivity contribution in [1.82, 2.24) is 15.1 Å². The summed E-state index contributed by atoms with van der Waals surface area (Å²) >= 11 is 0. The third-order valence-corrected chi connectivity index (χ3v) is 5.64. The topological polar surface area (TPSA) is 56.1 Å². The van der Waals surface area contributed by atoms with Crippen molar-refractivity contribution in [2.24, 2.45) is 0 Å². The van der Waals surface area contributed by atoms with E-state index in [2.05, 4.69) is 10.4 Å². The monoisotopic (exact) mass is 485 g/mol. The molecule has 3 aromatic carbocycles. The average Bonchev–Trinajstić information content (AvgIpc) is 3.23. The van der Waals surface area contributed by atoms with Crippen molar-refractivity contribution in [1.29, 1.82) is 0 Å². The van der Waals surface area contributed by atoms with Gasteiger partial charge in [-0.2, -0.15) is 5.10 Å². The van der Waals surface area contributed by atoms with Crippen LogP contribution in [0.3, 0.4) is 0 Å². The molecular weight excluding hydrogens is 462 g/mol. The first-order valence-corrected chi connectivity index (χ1v) is 10.9. The smallest absolute Gasteiger partial charge is 0.260 e. The Labute approximate surface area is 199 Å². The Morgan fingerprint density at radius 1 is 1.00 bits per heavy atom. The minimum Gasteiger partial charge on any atom is -0.464 e. The van der Waals surface area contributed by atoms with Gasteiger partial charge < -0.3 is 10.1 Å². The van der Waals surface area contributed by atoms with Gasteiger partial charge in [0, 0.05) is 17.4 Å². The number of alkyl halides is 1. The molecule has 0 spiro atoms. The summed E-state index contributed by atoms with van der Waals surface area (Å²) in [6, 6.07) is 13.9. The highest BCUT2D eigenvalue weighted by Gasteiger charge is 2.40. The number of carbonyl (C=O) groups excluding carboxylic acids is 1. The van der Waals surface area contributed by atoms with E-state index in [1.54, 1.807) is 48.1 Å². The standard InChI is InChI=1S/C26H23F4N3O2/c1-4-26(32-24(34)25(2,3)30,17-5-11-21(28)22(29)14-17)35-20-10-12-23-16(13-20)15-31-33(23)19-8-6-18(27)7-9-19/h5-15H,4H2,1-3H3,(H,32,34). The molecule has 1 heterocycles. The lowest BCUT2D eigenvalue weighted by Crippen LogP contribution is -2.54. The predicted molar refractivity (Wildman–Crippen MR) is 123 cm³/mol. The van der Waals surface area contributed by atoms with Crippen LogP contribution in [-0.4, -0.2) is 21.4 Å². The Hall–Kier alpha value is -3.88. The average molecular weight is 485 g/mol. The Morgan fingerprint density at radius 3 is 2.34 bits per heavy atom. The molecule has 4 rings (SSSR count). The number of carbonyl (C=O) groups is 1. The fourth-order valence-corrected chi connectivity index (χ4v) is 3.66. The summed E-state index contributed by atoms with van der Waals surface area (Å²) < 4.78 is 63.2. The number of hydrogen-bond acceptors (Lipinski definition) is 3. The number of amides is 1. The Kier molecular flexibility index (Phi) is 6.27. The van der Waals surface area contributed by atoms with Crippen LogP contribution in [-0.2, 0) is 10.5 Å². The Morgan fingerprint density at radius 2 is 1.71 bits per heavy atom. The first kappa shape index (κ1) is 24.3. The third-order valence-electron chi connectivity index (χ3n) is 5.64. The summed E-state index contributed by atoms with van der Waals surface area (Å²) in [4.78, 5) is 12.6. The highest BCUT2D eigenvalue weighted by atomic mass is 19.2. The van der Waals surface area contributed by atoms with Gasteiger partial charge in [0.1, 0.15) is 11.6 Å². The molecular formula is C26H23F4N3O2. The van der Waals surface area contributed by atoms with Crippen LogP contribution in [0.2, 0.25) is 0 Å². The summed E-state index contributed by atoms with van der Waals surface area (Å²) in [5.41, 5.74) is -2.47. The fraction of sp³-hybridized carbons (Fsp3) is 0.231. The van der Waals surface area contributed by atoms with Crippen molar-refractivity contribution < 1.29 is 27.1 Å². The first-order chi connectivity index (χ1) is 16.5. The molecule has 1 N–H and O–H groups in total. The minimum atomic E-state index is -2.25. The van der Waals surface area contributed by atoms with Gasteiger partial charge in [0.2, 0.25) is 5.72 Å². The molecule has 0 aliphatic carbocycles. The van der Waals surface area contributed by atoms with Gasteiger partial charge in [0.25, 0.3) is 5.91 Å². The van der Waals surface area contributed by atoms with Crippen LogP contribution in [0.5, 0.6) is 5.75 Å². The number of halogens is 4. The van der Waals surface area contributed by atoms with Crippen LogP contribution in [0.4, 0.5) is 17.6 Å². The molecule has 182 valence electrons. The van der Waals surface area contributed by atoms with E-state index >= 15 is 0 Å². The Bertz CT molecular complexity index is 1380. The molecule has 35 heavy (non-hydrogen) atoms. The van der Waals surface area contributed by atoms with E-state index in [0.29, 0.717) is 16.6 Å². The number of rotatable bonds is 7. The maximum atomic E-state index is 14.4. The lowest BCUT2D eigenvalue weighted by molar-refractivity contribution is -0.138. The molecule has 0 saturated heterocycles. The van der Waals surface area contributed by atoms with Crippen molar-refractivity contribution in [3.05, 3.63) is 89.9 Å². The fourth-order valence-electron chi connectivity index (χ4n) is 3.66. The van der Waals surface area contributed by atoms with Gasteiger partial charge in [0.15, 0.2) is 17.3 Å². The third kappa shape index (κ3) is 4.84. The normalized spacial score (nSPS) is 13.5. The van der Waals surface area contributed by atoms with Gasteiger partial charge in [-0.3, -0.25) is 4.79 Å². The number of aromatic nitrogens is 2. The molecule has 0 aliphatic rings. The van der Waals surface area contributed by atoms with Gasteiger partial charge >= 0.3 is 0 Å². The summed E-state index contributed by atoms with van der Waals surface area (Å²) in [5, 5.41) is 7.54. The van der Waals surface area contributed by atoms with E-state index in [1.165, 1.54) is 18.2 Å². The lowest BCUT2D eigenvalue weighted by Gasteiger charge is -2.36. The summed E-state index contributed by atoms with van der Waals surface area (Å²) in [7, 11) is 0. The van der Waals surface area contributed by atoms with Crippen LogP contribution in [0, 0.1) is 17.5 Å². The van der Waals surface area contributed by atoms with E-state index in [9.17, 15) is 22.4 Å². The van der Waals surface area contributed by atoms with Crippen LogP contribution >= 0.6 is 0 Å². The van der Waals surface area contributed by atoms with E-state index in [1.807, 2.05) is 0 Å². The van der Waals surface area contributed by atoms with Gasteiger partial charge in [-0.15, -0.1) is 0 Å². The predicted octanol–water partition coefficient (Wildman–Crippen LogP) is 5.95. The largest absolute Gasteiger partial charge is 0.464 e. The van der Waals surface area contributed by atoms with Crippen LogP contribution in [0.25, 0.3) is 16.6 Å². The molecule has 0 aliphatic heterocycles. The molecule has 5 nitrogen and oxygen atoms in total. The van der Waals surface area contributed by atoms with Gasteiger partial charge in [-0.1, -0.05) is 6.92 Å². The van der Waals surface area contributed by atoms with Crippen molar-refractivity contribution in [3.8, 4) is 11.4 Å². The summed E-state index contributed by atoms with van der Waals surface area (Å²) in [6.07, 6.45) is 1.66. The number of nitrogens with zero attached hydrogens (tertiary/aromatic N) is 2. The molecule has 4 aromatic rings. The highest BCUT2D eigenvalue weighted by Crippen LogP contribution is 2.33. The Balaban J connectivity index is 1.75. The van der Waals surface area contributed by atoms with E-state index < -0.39 is 28.9 Å². The first-order valence-electron chi connectivity index (χ1n) is 10.9. The summed E-state index contributed by atoms with van der Waals surface area (Å²) in [5.74, 6) is -3.26. The molecule has 0 bridgehead atoms. The molecule has 0 saturated carbocycles. The van der Waals surface area contributed by atoms with Crippen molar-refractivity contribution >= 4 is 16.8 Å².